The molecule has 1 amide bonds. The Balaban J connectivity index is 1.96. The molecule has 0 fully saturated rings. The molecule has 0 atom stereocenters. The third-order valence-corrected chi connectivity index (χ3v) is 8.67. The van der Waals surface area contributed by atoms with Crippen molar-refractivity contribution in [3.05, 3.63) is 57.9 Å². The van der Waals surface area contributed by atoms with Crippen LogP contribution in [0.1, 0.15) is 56.1 Å². The highest BCUT2D eigenvalue weighted by Gasteiger charge is 2.26. The summed E-state index contributed by atoms with van der Waals surface area (Å²) < 4.78 is 31.2. The minimum Gasteiger partial charge on any atom is -0.316 e. The summed E-state index contributed by atoms with van der Waals surface area (Å²) in [7, 11) is -3.64. The summed E-state index contributed by atoms with van der Waals surface area (Å²) in [5, 5.41) is 0. The third-order valence-electron chi connectivity index (χ3n) is 5.61. The van der Waals surface area contributed by atoms with E-state index in [9.17, 15) is 13.2 Å². The Labute approximate surface area is 207 Å². The average Bonchev–Trinajstić information content (AvgIpc) is 3.14. The maximum Gasteiger partial charge on any atom is 0.279 e. The second kappa shape index (κ2) is 10.5. The molecular weight excluding hydrogens is 466 g/mol. The molecule has 0 aliphatic carbocycles. The van der Waals surface area contributed by atoms with Crippen molar-refractivity contribution in [2.45, 2.75) is 59.9 Å². The second-order valence-electron chi connectivity index (χ2n) is 9.56. The van der Waals surface area contributed by atoms with Gasteiger partial charge in [0.05, 0.1) is 15.1 Å². The van der Waals surface area contributed by atoms with E-state index in [1.165, 1.54) is 27.8 Å². The van der Waals surface area contributed by atoms with E-state index in [-0.39, 0.29) is 22.6 Å². The summed E-state index contributed by atoms with van der Waals surface area (Å²) >= 11 is 1.51. The number of hydrogen-bond donors (Lipinski definition) is 0. The lowest BCUT2D eigenvalue weighted by Gasteiger charge is -2.25. The molecule has 2 aromatic carbocycles. The molecule has 0 spiro atoms. The first-order chi connectivity index (χ1) is 15.9. The number of nitrogens with zero attached hydrogens (tertiary/aromatic N) is 3. The lowest BCUT2D eigenvalue weighted by atomic mass is 10.1. The van der Waals surface area contributed by atoms with Crippen LogP contribution in [0.4, 0.5) is 0 Å². The minimum absolute atomic E-state index is 0.196. The molecule has 6 nitrogen and oxygen atoms in total. The number of aromatic nitrogens is 1. The highest BCUT2D eigenvalue weighted by atomic mass is 32.2. The van der Waals surface area contributed by atoms with E-state index < -0.39 is 10.0 Å². The van der Waals surface area contributed by atoms with Crippen LogP contribution in [0, 0.1) is 25.7 Å². The van der Waals surface area contributed by atoms with Gasteiger partial charge < -0.3 is 4.57 Å². The van der Waals surface area contributed by atoms with E-state index in [1.54, 1.807) is 12.1 Å². The van der Waals surface area contributed by atoms with Crippen LogP contribution in [0.2, 0.25) is 0 Å². The number of carbonyl (C=O) groups is 1. The van der Waals surface area contributed by atoms with Crippen molar-refractivity contribution < 1.29 is 13.2 Å². The second-order valence-corrected chi connectivity index (χ2v) is 12.5. The molecule has 0 aliphatic heterocycles. The van der Waals surface area contributed by atoms with Crippen molar-refractivity contribution in [3.8, 4) is 0 Å². The SMILES string of the molecule is CCn1c(=NC(=O)c2ccc(S(=O)(=O)N(CC(C)C)CC(C)C)cc2)sc2c(C)ccc(C)c21. The number of rotatable bonds is 8. The zero-order chi connectivity index (χ0) is 25.2. The van der Waals surface area contributed by atoms with Gasteiger partial charge >= 0.3 is 0 Å². The first kappa shape index (κ1) is 26.3. The fourth-order valence-electron chi connectivity index (χ4n) is 4.01. The van der Waals surface area contributed by atoms with Crippen LogP contribution >= 0.6 is 11.3 Å². The number of hydrogen-bond acceptors (Lipinski definition) is 4. The van der Waals surface area contributed by atoms with Gasteiger partial charge in [0.25, 0.3) is 5.91 Å². The minimum atomic E-state index is -3.64. The lowest BCUT2D eigenvalue weighted by molar-refractivity contribution is 0.0997. The zero-order valence-electron chi connectivity index (χ0n) is 21.1. The molecule has 1 aromatic heterocycles. The zero-order valence-corrected chi connectivity index (χ0v) is 22.8. The predicted octanol–water partition coefficient (Wildman–Crippen LogP) is 5.38. The van der Waals surface area contributed by atoms with Gasteiger partial charge in [-0.15, -0.1) is 0 Å². The summed E-state index contributed by atoms with van der Waals surface area (Å²) in [6, 6.07) is 10.3. The number of amides is 1. The molecule has 3 rings (SSSR count). The Kier molecular flexibility index (Phi) is 8.16. The monoisotopic (exact) mass is 501 g/mol. The molecular formula is C26H35N3O3S2. The Morgan fingerprint density at radius 1 is 0.971 bits per heavy atom. The van der Waals surface area contributed by atoms with E-state index in [4.69, 9.17) is 0 Å². The number of sulfonamides is 1. The first-order valence-electron chi connectivity index (χ1n) is 11.7. The molecule has 34 heavy (non-hydrogen) atoms. The standard InChI is InChI=1S/C26H35N3O3S2/c1-8-29-23-19(6)9-10-20(7)24(23)33-26(29)27-25(30)21-11-13-22(14-12-21)34(31,32)28(15-17(2)3)16-18(4)5/h9-14,17-18H,8,15-16H2,1-7H3. The molecule has 0 aliphatic rings. The van der Waals surface area contributed by atoms with E-state index in [1.807, 2.05) is 34.6 Å². The van der Waals surface area contributed by atoms with E-state index >= 15 is 0 Å². The van der Waals surface area contributed by atoms with Crippen molar-refractivity contribution in [2.24, 2.45) is 16.8 Å². The van der Waals surface area contributed by atoms with Gasteiger partial charge in [0.15, 0.2) is 4.80 Å². The normalized spacial score (nSPS) is 13.1. The Morgan fingerprint density at radius 2 is 1.53 bits per heavy atom. The summed E-state index contributed by atoms with van der Waals surface area (Å²) in [5.41, 5.74) is 3.78. The van der Waals surface area contributed by atoms with Gasteiger partial charge in [0.1, 0.15) is 0 Å². The van der Waals surface area contributed by atoms with E-state index in [0.29, 0.717) is 30.0 Å². The maximum atomic E-state index is 13.2. The quantitative estimate of drug-likeness (QED) is 0.416. The van der Waals surface area contributed by atoms with Gasteiger partial charge in [-0.1, -0.05) is 51.2 Å². The van der Waals surface area contributed by atoms with Crippen LogP contribution in [0.5, 0.6) is 0 Å². The van der Waals surface area contributed by atoms with Crippen LogP contribution in [-0.2, 0) is 16.6 Å². The van der Waals surface area contributed by atoms with Crippen LogP contribution < -0.4 is 4.80 Å². The molecule has 0 unspecified atom stereocenters. The fourth-order valence-corrected chi connectivity index (χ4v) is 7.01. The molecule has 0 saturated heterocycles. The van der Waals surface area contributed by atoms with Crippen molar-refractivity contribution in [1.82, 2.24) is 8.87 Å². The number of aryl methyl sites for hydroxylation is 3. The van der Waals surface area contributed by atoms with Crippen molar-refractivity contribution in [3.63, 3.8) is 0 Å². The van der Waals surface area contributed by atoms with Crippen LogP contribution in [0.25, 0.3) is 10.2 Å². The van der Waals surface area contributed by atoms with E-state index in [2.05, 4.69) is 35.5 Å². The number of fused-ring (bicyclic) bond motifs is 1. The summed E-state index contributed by atoms with van der Waals surface area (Å²) in [5.74, 6) is 0.0493. The molecule has 1 heterocycles. The topological polar surface area (TPSA) is 71.7 Å². The molecule has 0 saturated carbocycles. The predicted molar refractivity (Wildman–Crippen MR) is 140 cm³/mol. The van der Waals surface area contributed by atoms with Crippen LogP contribution in [0.3, 0.4) is 0 Å². The fraction of sp³-hybridized carbons (Fsp3) is 0.462. The van der Waals surface area contributed by atoms with Gasteiger partial charge in [-0.3, -0.25) is 4.79 Å². The number of carbonyl (C=O) groups excluding carboxylic acids is 1. The van der Waals surface area contributed by atoms with Crippen LogP contribution in [0.15, 0.2) is 46.3 Å². The molecule has 0 bridgehead atoms. The Hall–Kier alpha value is -2.29. The highest BCUT2D eigenvalue weighted by Crippen LogP contribution is 2.25. The highest BCUT2D eigenvalue weighted by molar-refractivity contribution is 7.89. The maximum absolute atomic E-state index is 13.2. The number of thiazole rings is 1. The third kappa shape index (κ3) is 5.50. The summed E-state index contributed by atoms with van der Waals surface area (Å²) in [6.45, 7) is 15.8. The Bertz CT molecular complexity index is 1340. The van der Waals surface area contributed by atoms with Gasteiger partial charge in [-0.2, -0.15) is 9.30 Å². The lowest BCUT2D eigenvalue weighted by Crippen LogP contribution is -2.37. The van der Waals surface area contributed by atoms with Gasteiger partial charge in [-0.05, 0) is 68.0 Å². The van der Waals surface area contributed by atoms with Crippen molar-refractivity contribution in [1.29, 1.82) is 0 Å². The van der Waals surface area contributed by atoms with Gasteiger partial charge in [-0.25, -0.2) is 8.42 Å². The van der Waals surface area contributed by atoms with Crippen LogP contribution in [-0.4, -0.2) is 36.3 Å². The van der Waals surface area contributed by atoms with Gasteiger partial charge in [0.2, 0.25) is 10.0 Å². The summed E-state index contributed by atoms with van der Waals surface area (Å²) in [6.07, 6.45) is 0. The van der Waals surface area contributed by atoms with Crippen molar-refractivity contribution >= 4 is 37.5 Å². The molecule has 184 valence electrons. The van der Waals surface area contributed by atoms with Crippen molar-refractivity contribution in [2.75, 3.05) is 13.1 Å². The molecule has 0 radical (unpaired) electrons. The molecule has 3 aromatic rings. The molecule has 0 N–H and O–H groups in total. The average molecular weight is 502 g/mol. The first-order valence-corrected chi connectivity index (χ1v) is 14.0. The number of benzene rings is 2. The Morgan fingerprint density at radius 3 is 2.06 bits per heavy atom. The van der Waals surface area contributed by atoms with E-state index in [0.717, 1.165) is 21.3 Å². The largest absolute Gasteiger partial charge is 0.316 e. The molecule has 8 heteroatoms. The smallest absolute Gasteiger partial charge is 0.279 e. The van der Waals surface area contributed by atoms with Gasteiger partial charge in [0, 0.05) is 25.2 Å². The summed E-state index contributed by atoms with van der Waals surface area (Å²) in [4.78, 5) is 18.2.